The molecule has 18 heavy (non-hydrogen) atoms. The number of hydrogen-bond acceptors (Lipinski definition) is 0. The average molecular weight is 236 g/mol. The van der Waals surface area contributed by atoms with Crippen molar-refractivity contribution < 1.29 is 0 Å². The third-order valence-electron chi connectivity index (χ3n) is 3.07. The van der Waals surface area contributed by atoms with Crippen LogP contribution in [-0.4, -0.2) is 0 Å². The van der Waals surface area contributed by atoms with Crippen molar-refractivity contribution in [3.8, 4) is 0 Å². The third-order valence-corrected chi connectivity index (χ3v) is 3.07. The van der Waals surface area contributed by atoms with Gasteiger partial charge in [0, 0.05) is 0 Å². The quantitative estimate of drug-likeness (QED) is 0.691. The first-order valence-corrected chi connectivity index (χ1v) is 6.55. The monoisotopic (exact) mass is 236 g/mol. The largest absolute Gasteiger partial charge is 0.0763 e. The van der Waals surface area contributed by atoms with E-state index in [-0.39, 0.29) is 0 Å². The fourth-order valence-electron chi connectivity index (χ4n) is 2.23. The molecule has 0 saturated carbocycles. The predicted molar refractivity (Wildman–Crippen MR) is 79.7 cm³/mol. The van der Waals surface area contributed by atoms with Crippen LogP contribution in [0.5, 0.6) is 0 Å². The minimum atomic E-state index is 1.05. The van der Waals surface area contributed by atoms with Crippen LogP contribution < -0.4 is 0 Å². The number of benzene rings is 2. The van der Waals surface area contributed by atoms with Gasteiger partial charge in [0.1, 0.15) is 0 Å². The highest BCUT2D eigenvalue weighted by atomic mass is 14.1. The first-order valence-electron chi connectivity index (χ1n) is 6.55. The lowest BCUT2D eigenvalue weighted by Gasteiger charge is -2.10. The molecule has 0 aliphatic rings. The van der Waals surface area contributed by atoms with Gasteiger partial charge in [0.2, 0.25) is 0 Å². The highest BCUT2D eigenvalue weighted by Crippen LogP contribution is 2.25. The number of hydrogen-bond donors (Lipinski definition) is 0. The molecule has 0 unspecified atom stereocenters. The summed E-state index contributed by atoms with van der Waals surface area (Å²) in [5.41, 5.74) is 6.57. The van der Waals surface area contributed by atoms with Crippen LogP contribution in [-0.2, 0) is 0 Å². The maximum absolute atomic E-state index is 2.31. The molecule has 0 aromatic heterocycles. The molecule has 0 saturated heterocycles. The molecule has 0 fully saturated rings. The molecule has 2 rings (SSSR count). The predicted octanol–water partition coefficient (Wildman–Crippen LogP) is 5.15. The molecule has 0 amide bonds. The van der Waals surface area contributed by atoms with E-state index in [9.17, 15) is 0 Å². The Hall–Kier alpha value is -1.82. The van der Waals surface area contributed by atoms with Crippen LogP contribution in [0, 0.1) is 13.8 Å². The molecule has 0 N–H and O–H groups in total. The SMILES string of the molecule is CCC=C(c1cccc(C)c1)c1cccc(C)c1. The van der Waals surface area contributed by atoms with Crippen LogP contribution in [0.3, 0.4) is 0 Å². The van der Waals surface area contributed by atoms with Gasteiger partial charge >= 0.3 is 0 Å². The summed E-state index contributed by atoms with van der Waals surface area (Å²) >= 11 is 0. The van der Waals surface area contributed by atoms with Gasteiger partial charge in [-0.05, 0) is 37.0 Å². The van der Waals surface area contributed by atoms with Gasteiger partial charge in [-0.3, -0.25) is 0 Å². The molecule has 92 valence electrons. The normalized spacial score (nSPS) is 10.2. The lowest BCUT2D eigenvalue weighted by atomic mass is 9.95. The van der Waals surface area contributed by atoms with E-state index in [4.69, 9.17) is 0 Å². The zero-order chi connectivity index (χ0) is 13.0. The molecule has 0 bridgehead atoms. The molecule has 0 heterocycles. The van der Waals surface area contributed by atoms with Crippen LogP contribution in [0.15, 0.2) is 54.6 Å². The zero-order valence-corrected chi connectivity index (χ0v) is 11.4. The molecule has 0 heteroatoms. The number of aryl methyl sites for hydroxylation is 2. The van der Waals surface area contributed by atoms with E-state index in [1.807, 2.05) is 0 Å². The Morgan fingerprint density at radius 1 is 0.889 bits per heavy atom. The molecule has 0 aliphatic carbocycles. The van der Waals surface area contributed by atoms with Crippen molar-refractivity contribution in [1.82, 2.24) is 0 Å². The molecule has 2 aromatic rings. The van der Waals surface area contributed by atoms with Crippen molar-refractivity contribution in [2.75, 3.05) is 0 Å². The van der Waals surface area contributed by atoms with Crippen LogP contribution in [0.25, 0.3) is 5.57 Å². The van der Waals surface area contributed by atoms with Gasteiger partial charge in [0.25, 0.3) is 0 Å². The standard InChI is InChI=1S/C18H20/c1-4-7-18(16-10-5-8-14(2)12-16)17-11-6-9-15(3)13-17/h5-13H,4H2,1-3H3. The highest BCUT2D eigenvalue weighted by molar-refractivity contribution is 5.80. The topological polar surface area (TPSA) is 0 Å². The highest BCUT2D eigenvalue weighted by Gasteiger charge is 2.04. The zero-order valence-electron chi connectivity index (χ0n) is 11.4. The van der Waals surface area contributed by atoms with Crippen molar-refractivity contribution in [3.63, 3.8) is 0 Å². The summed E-state index contributed by atoms with van der Waals surface area (Å²) in [4.78, 5) is 0. The Kier molecular flexibility index (Phi) is 3.99. The van der Waals surface area contributed by atoms with E-state index in [1.165, 1.54) is 27.8 Å². The molecule has 0 atom stereocenters. The van der Waals surface area contributed by atoms with Gasteiger partial charge in [-0.2, -0.15) is 0 Å². The summed E-state index contributed by atoms with van der Waals surface area (Å²) in [6, 6.07) is 17.4. The smallest absolute Gasteiger partial charge is 0.0151 e. The van der Waals surface area contributed by atoms with E-state index in [1.54, 1.807) is 0 Å². The van der Waals surface area contributed by atoms with Crippen molar-refractivity contribution >= 4 is 5.57 Å². The molecule has 0 radical (unpaired) electrons. The van der Waals surface area contributed by atoms with E-state index in [0.717, 1.165) is 6.42 Å². The third kappa shape index (κ3) is 2.89. The van der Waals surface area contributed by atoms with Gasteiger partial charge in [0.15, 0.2) is 0 Å². The minimum absolute atomic E-state index is 1.05. The molecular weight excluding hydrogens is 216 g/mol. The second-order valence-electron chi connectivity index (χ2n) is 4.77. The van der Waals surface area contributed by atoms with Gasteiger partial charge in [0.05, 0.1) is 0 Å². The van der Waals surface area contributed by atoms with E-state index in [2.05, 4.69) is 75.4 Å². The number of allylic oxidation sites excluding steroid dienone is 1. The van der Waals surface area contributed by atoms with Crippen molar-refractivity contribution in [1.29, 1.82) is 0 Å². The van der Waals surface area contributed by atoms with Gasteiger partial charge in [-0.25, -0.2) is 0 Å². The van der Waals surface area contributed by atoms with Crippen LogP contribution in [0.2, 0.25) is 0 Å². The second-order valence-corrected chi connectivity index (χ2v) is 4.77. The van der Waals surface area contributed by atoms with Gasteiger partial charge in [-0.15, -0.1) is 0 Å². The molecule has 0 aliphatic heterocycles. The fourth-order valence-corrected chi connectivity index (χ4v) is 2.23. The lowest BCUT2D eigenvalue weighted by Crippen LogP contribution is -1.89. The summed E-state index contributed by atoms with van der Waals surface area (Å²) in [5.74, 6) is 0. The molecule has 2 aromatic carbocycles. The second kappa shape index (κ2) is 5.68. The summed E-state index contributed by atoms with van der Waals surface area (Å²) in [6.07, 6.45) is 3.36. The first-order chi connectivity index (χ1) is 8.70. The summed E-state index contributed by atoms with van der Waals surface area (Å²) < 4.78 is 0. The van der Waals surface area contributed by atoms with Crippen LogP contribution >= 0.6 is 0 Å². The Balaban J connectivity index is 2.50. The minimum Gasteiger partial charge on any atom is -0.0763 e. The molecule has 0 nitrogen and oxygen atoms in total. The average Bonchev–Trinajstić information content (AvgIpc) is 2.36. The van der Waals surface area contributed by atoms with Gasteiger partial charge in [-0.1, -0.05) is 72.7 Å². The van der Waals surface area contributed by atoms with E-state index >= 15 is 0 Å². The van der Waals surface area contributed by atoms with E-state index in [0.29, 0.717) is 0 Å². The maximum atomic E-state index is 2.31. The lowest BCUT2D eigenvalue weighted by molar-refractivity contribution is 1.22. The fraction of sp³-hybridized carbons (Fsp3) is 0.222. The summed E-state index contributed by atoms with van der Waals surface area (Å²) in [7, 11) is 0. The molecule has 0 spiro atoms. The van der Waals surface area contributed by atoms with Crippen molar-refractivity contribution in [3.05, 3.63) is 76.9 Å². The van der Waals surface area contributed by atoms with E-state index < -0.39 is 0 Å². The van der Waals surface area contributed by atoms with Gasteiger partial charge < -0.3 is 0 Å². The Bertz CT molecular complexity index is 514. The van der Waals surface area contributed by atoms with Crippen molar-refractivity contribution in [2.24, 2.45) is 0 Å². The Morgan fingerprint density at radius 2 is 1.39 bits per heavy atom. The summed E-state index contributed by atoms with van der Waals surface area (Å²) in [5, 5.41) is 0. The Labute approximate surface area is 110 Å². The number of rotatable bonds is 3. The Morgan fingerprint density at radius 3 is 1.78 bits per heavy atom. The van der Waals surface area contributed by atoms with Crippen molar-refractivity contribution in [2.45, 2.75) is 27.2 Å². The maximum Gasteiger partial charge on any atom is -0.0151 e. The first kappa shape index (κ1) is 12.6. The molecular formula is C18H20. The summed E-state index contributed by atoms with van der Waals surface area (Å²) in [6.45, 7) is 6.47. The van der Waals surface area contributed by atoms with Crippen LogP contribution in [0.1, 0.15) is 35.6 Å². The van der Waals surface area contributed by atoms with Crippen LogP contribution in [0.4, 0.5) is 0 Å².